The van der Waals surface area contributed by atoms with E-state index in [4.69, 9.17) is 11.5 Å². The average Bonchev–Trinajstić information content (AvgIpc) is 2.95. The van der Waals surface area contributed by atoms with Crippen LogP contribution in [0.1, 0.15) is 47.3 Å². The van der Waals surface area contributed by atoms with E-state index in [1.54, 1.807) is 0 Å². The fraction of sp³-hybridized carbons (Fsp3) is 0.615. The molecule has 1 aliphatic carbocycles. The number of nitrogens with two attached hydrogens (primary N) is 2. The third kappa shape index (κ3) is 1.86. The second kappa shape index (κ2) is 4.16. The Balaban J connectivity index is 2.01. The molecule has 1 aromatic heterocycles. The van der Waals surface area contributed by atoms with Crippen LogP contribution in [0.25, 0.3) is 0 Å². The first-order valence-electron chi connectivity index (χ1n) is 6.54. The van der Waals surface area contributed by atoms with Crippen LogP contribution in [0.3, 0.4) is 0 Å². The maximum Gasteiger partial charge on any atom is 0.260 e. The molecule has 3 rings (SSSR count). The summed E-state index contributed by atoms with van der Waals surface area (Å²) in [6.07, 6.45) is 3.60. The maximum atomic E-state index is 11.4. The Morgan fingerprint density at radius 3 is 2.61 bits per heavy atom. The van der Waals surface area contributed by atoms with Crippen molar-refractivity contribution in [1.82, 2.24) is 0 Å². The van der Waals surface area contributed by atoms with E-state index in [1.807, 2.05) is 0 Å². The fourth-order valence-corrected chi connectivity index (χ4v) is 3.94. The standard InChI is InChI=1S/C13H19N3OS/c1-7-4-5-16(6-7)13-9(8-2-3-8)10(14)11(18-13)12(15)17/h7-8H,2-6,14H2,1H3,(H2,15,17). The van der Waals surface area contributed by atoms with Crippen molar-refractivity contribution in [2.45, 2.75) is 32.1 Å². The van der Waals surface area contributed by atoms with E-state index in [0.717, 1.165) is 19.0 Å². The van der Waals surface area contributed by atoms with Gasteiger partial charge in [0, 0.05) is 18.7 Å². The second-order valence-electron chi connectivity index (χ2n) is 5.54. The zero-order valence-electron chi connectivity index (χ0n) is 10.6. The lowest BCUT2D eigenvalue weighted by Gasteiger charge is -2.18. The molecule has 0 spiro atoms. The summed E-state index contributed by atoms with van der Waals surface area (Å²) in [5, 5.41) is 1.20. The Morgan fingerprint density at radius 2 is 2.11 bits per heavy atom. The lowest BCUT2D eigenvalue weighted by Crippen LogP contribution is -2.19. The van der Waals surface area contributed by atoms with Gasteiger partial charge in [-0.2, -0.15) is 0 Å². The van der Waals surface area contributed by atoms with Crippen LogP contribution in [0.2, 0.25) is 0 Å². The van der Waals surface area contributed by atoms with Crippen LogP contribution < -0.4 is 16.4 Å². The molecule has 1 saturated heterocycles. The van der Waals surface area contributed by atoms with Crippen molar-refractivity contribution in [3.8, 4) is 0 Å². The molecule has 18 heavy (non-hydrogen) atoms. The van der Waals surface area contributed by atoms with Crippen LogP contribution in [0.5, 0.6) is 0 Å². The zero-order valence-corrected chi connectivity index (χ0v) is 11.4. The third-order valence-electron chi connectivity index (χ3n) is 3.88. The average molecular weight is 265 g/mol. The number of hydrogen-bond acceptors (Lipinski definition) is 4. The predicted octanol–water partition coefficient (Wildman–Crippen LogP) is 2.15. The number of nitrogen functional groups attached to an aromatic ring is 1. The topological polar surface area (TPSA) is 72.3 Å². The van der Waals surface area contributed by atoms with Gasteiger partial charge in [0.2, 0.25) is 0 Å². The number of hydrogen-bond donors (Lipinski definition) is 2. The molecule has 0 aromatic carbocycles. The number of amides is 1. The zero-order chi connectivity index (χ0) is 12.9. The predicted molar refractivity (Wildman–Crippen MR) is 75.2 cm³/mol. The molecule has 1 aliphatic heterocycles. The van der Waals surface area contributed by atoms with Gasteiger partial charge >= 0.3 is 0 Å². The summed E-state index contributed by atoms with van der Waals surface area (Å²) in [6, 6.07) is 0. The summed E-state index contributed by atoms with van der Waals surface area (Å²) in [4.78, 5) is 14.4. The monoisotopic (exact) mass is 265 g/mol. The summed E-state index contributed by atoms with van der Waals surface area (Å²) in [5.74, 6) is 0.885. The molecule has 4 nitrogen and oxygen atoms in total. The minimum absolute atomic E-state index is 0.391. The van der Waals surface area contributed by atoms with Gasteiger partial charge in [-0.05, 0) is 31.1 Å². The van der Waals surface area contributed by atoms with Crippen LogP contribution in [0, 0.1) is 5.92 Å². The molecule has 2 fully saturated rings. The molecule has 4 N–H and O–H groups in total. The number of thiophene rings is 1. The molecule has 1 aromatic rings. The van der Waals surface area contributed by atoms with Crippen LogP contribution in [-0.4, -0.2) is 19.0 Å². The van der Waals surface area contributed by atoms with Crippen molar-refractivity contribution in [3.05, 3.63) is 10.4 Å². The highest BCUT2D eigenvalue weighted by molar-refractivity contribution is 7.18. The Morgan fingerprint density at radius 1 is 1.39 bits per heavy atom. The van der Waals surface area contributed by atoms with Gasteiger partial charge in [-0.25, -0.2) is 0 Å². The number of carbonyl (C=O) groups excluding carboxylic acids is 1. The van der Waals surface area contributed by atoms with E-state index in [0.29, 0.717) is 16.5 Å². The third-order valence-corrected chi connectivity index (χ3v) is 5.18. The summed E-state index contributed by atoms with van der Waals surface area (Å²) in [6.45, 7) is 4.40. The molecule has 2 heterocycles. The summed E-state index contributed by atoms with van der Waals surface area (Å²) in [7, 11) is 0. The van der Waals surface area contributed by atoms with Crippen LogP contribution in [-0.2, 0) is 0 Å². The number of anilines is 2. The molecule has 1 atom stereocenters. The molecule has 0 radical (unpaired) electrons. The lowest BCUT2D eigenvalue weighted by molar-refractivity contribution is 0.100. The van der Waals surface area contributed by atoms with Crippen molar-refractivity contribution in [2.75, 3.05) is 23.7 Å². The second-order valence-corrected chi connectivity index (χ2v) is 6.54. The van der Waals surface area contributed by atoms with Crippen LogP contribution in [0.15, 0.2) is 0 Å². The number of nitrogens with zero attached hydrogens (tertiary/aromatic N) is 1. The number of carbonyl (C=O) groups is 1. The van der Waals surface area contributed by atoms with Crippen molar-refractivity contribution in [3.63, 3.8) is 0 Å². The van der Waals surface area contributed by atoms with Gasteiger partial charge in [-0.1, -0.05) is 6.92 Å². The Hall–Kier alpha value is -1.23. The van der Waals surface area contributed by atoms with Crippen LogP contribution in [0.4, 0.5) is 10.7 Å². The van der Waals surface area contributed by atoms with Gasteiger partial charge in [0.25, 0.3) is 5.91 Å². The molecule has 98 valence electrons. The Labute approximate surface area is 111 Å². The first-order valence-corrected chi connectivity index (χ1v) is 7.36. The molecule has 1 amide bonds. The molecule has 1 unspecified atom stereocenters. The summed E-state index contributed by atoms with van der Waals surface area (Å²) >= 11 is 1.49. The van der Waals surface area contributed by atoms with Gasteiger partial charge in [-0.15, -0.1) is 11.3 Å². The van der Waals surface area contributed by atoms with E-state index >= 15 is 0 Å². The molecular formula is C13H19N3OS. The van der Waals surface area contributed by atoms with Crippen molar-refractivity contribution < 1.29 is 4.79 Å². The quantitative estimate of drug-likeness (QED) is 0.879. The lowest BCUT2D eigenvalue weighted by atomic mass is 10.1. The van der Waals surface area contributed by atoms with E-state index in [9.17, 15) is 4.79 Å². The first kappa shape index (κ1) is 11.8. The Bertz CT molecular complexity index is 493. The minimum Gasteiger partial charge on any atom is -0.397 e. The highest BCUT2D eigenvalue weighted by Crippen LogP contribution is 2.52. The maximum absolute atomic E-state index is 11.4. The summed E-state index contributed by atoms with van der Waals surface area (Å²) < 4.78 is 0. The first-order chi connectivity index (χ1) is 8.58. The van der Waals surface area contributed by atoms with E-state index < -0.39 is 5.91 Å². The van der Waals surface area contributed by atoms with Crippen molar-refractivity contribution in [1.29, 1.82) is 0 Å². The normalized spacial score (nSPS) is 23.6. The molecule has 2 aliphatic rings. The summed E-state index contributed by atoms with van der Waals surface area (Å²) in [5.41, 5.74) is 13.4. The molecule has 5 heteroatoms. The van der Waals surface area contributed by atoms with Gasteiger partial charge in [0.05, 0.1) is 10.7 Å². The van der Waals surface area contributed by atoms with Gasteiger partial charge in [0.15, 0.2) is 0 Å². The largest absolute Gasteiger partial charge is 0.397 e. The number of primary amides is 1. The highest BCUT2D eigenvalue weighted by Gasteiger charge is 2.35. The highest BCUT2D eigenvalue weighted by atomic mass is 32.1. The molecule has 0 bridgehead atoms. The van der Waals surface area contributed by atoms with Gasteiger partial charge in [0.1, 0.15) is 4.88 Å². The molecule has 1 saturated carbocycles. The number of rotatable bonds is 3. The van der Waals surface area contributed by atoms with Crippen molar-refractivity contribution in [2.24, 2.45) is 11.7 Å². The SMILES string of the molecule is CC1CCN(c2sc(C(N)=O)c(N)c2C2CC2)C1. The van der Waals surface area contributed by atoms with Gasteiger partial charge in [-0.3, -0.25) is 4.79 Å². The van der Waals surface area contributed by atoms with E-state index in [2.05, 4.69) is 11.8 Å². The Kier molecular flexibility index (Phi) is 2.73. The molecular weight excluding hydrogens is 246 g/mol. The van der Waals surface area contributed by atoms with Crippen LogP contribution >= 0.6 is 11.3 Å². The smallest absolute Gasteiger partial charge is 0.260 e. The van der Waals surface area contributed by atoms with E-state index in [-0.39, 0.29) is 0 Å². The van der Waals surface area contributed by atoms with Crippen molar-refractivity contribution >= 4 is 27.9 Å². The minimum atomic E-state index is -0.391. The fourth-order valence-electron chi connectivity index (χ4n) is 2.75. The van der Waals surface area contributed by atoms with Gasteiger partial charge < -0.3 is 16.4 Å². The van der Waals surface area contributed by atoms with E-state index in [1.165, 1.54) is 41.2 Å².